The molecule has 1 saturated heterocycles. The van der Waals surface area contributed by atoms with Crippen molar-refractivity contribution in [3.05, 3.63) is 100 Å². The lowest BCUT2D eigenvalue weighted by Crippen LogP contribution is -2.51. The summed E-state index contributed by atoms with van der Waals surface area (Å²) in [4.78, 5) is 32.5. The van der Waals surface area contributed by atoms with Gasteiger partial charge in [-0.2, -0.15) is 0 Å². The van der Waals surface area contributed by atoms with E-state index in [1.165, 1.54) is 11.0 Å². The fourth-order valence-electron chi connectivity index (χ4n) is 4.44. The number of halogens is 1. The number of nitrogens with one attached hydrogen (secondary N) is 1. The summed E-state index contributed by atoms with van der Waals surface area (Å²) in [5.74, 6) is 0.136. The van der Waals surface area contributed by atoms with E-state index in [0.717, 1.165) is 43.1 Å². The number of thiophene rings is 1. The summed E-state index contributed by atoms with van der Waals surface area (Å²) in [6, 6.07) is 19.5. The zero-order chi connectivity index (χ0) is 27.5. The van der Waals surface area contributed by atoms with E-state index in [2.05, 4.69) is 48.4 Å². The molecule has 0 bridgehead atoms. The van der Waals surface area contributed by atoms with Crippen molar-refractivity contribution in [2.75, 3.05) is 18.8 Å². The van der Waals surface area contributed by atoms with Gasteiger partial charge >= 0.3 is 0 Å². The number of carbonyl (C=O) groups excluding carboxylic acids is 2. The lowest BCUT2D eigenvalue weighted by Gasteiger charge is -2.34. The van der Waals surface area contributed by atoms with Crippen molar-refractivity contribution in [3.8, 4) is 21.6 Å². The molecule has 8 heteroatoms. The van der Waals surface area contributed by atoms with Gasteiger partial charge in [-0.05, 0) is 83.6 Å². The van der Waals surface area contributed by atoms with Crippen LogP contribution >= 0.6 is 11.3 Å². The molecule has 0 atom stereocenters. The molecule has 0 radical (unpaired) electrons. The van der Waals surface area contributed by atoms with Gasteiger partial charge in [-0.3, -0.25) is 9.59 Å². The Kier molecular flexibility index (Phi) is 7.56. The van der Waals surface area contributed by atoms with E-state index in [9.17, 15) is 14.0 Å². The van der Waals surface area contributed by atoms with Gasteiger partial charge in [0.2, 0.25) is 5.91 Å². The minimum absolute atomic E-state index is 0.128. The Hall–Kier alpha value is -4.30. The highest BCUT2D eigenvalue weighted by molar-refractivity contribution is 7.15. The zero-order valence-corrected chi connectivity index (χ0v) is 22.6. The van der Waals surface area contributed by atoms with E-state index in [4.69, 9.17) is 5.73 Å². The zero-order valence-electron chi connectivity index (χ0n) is 21.8. The van der Waals surface area contributed by atoms with Crippen LogP contribution < -0.4 is 11.1 Å². The normalized spacial score (nSPS) is 13.5. The van der Waals surface area contributed by atoms with Gasteiger partial charge in [0.25, 0.3) is 5.91 Å². The number of nitrogen functional groups attached to an aromatic ring is 1. The molecule has 1 fully saturated rings. The summed E-state index contributed by atoms with van der Waals surface area (Å²) in [5.41, 5.74) is 12.5. The Labute approximate surface area is 231 Å². The van der Waals surface area contributed by atoms with Crippen molar-refractivity contribution in [1.29, 1.82) is 0 Å². The molecule has 1 aliphatic rings. The third kappa shape index (κ3) is 6.07. The number of benzene rings is 2. The van der Waals surface area contributed by atoms with Crippen LogP contribution in [0.3, 0.4) is 0 Å². The standard InChI is InChI=1S/C31H29FN4O2S/c1-19-13-24(22-5-7-23(8-6-22)31(38)36-17-25(32)18-36)9-10-26(19)27-14-20(2)28(39-27)16-35-30(37)12-4-21-3-11-29(33)34-15-21/h3-15,25H,16-18H2,1-2H3,(H2,33,34)(H,35,37)/b12-4+. The van der Waals surface area contributed by atoms with E-state index in [1.807, 2.05) is 18.2 Å². The SMILES string of the molecule is Cc1cc(-c2ccc(C(=O)N3CC(F)C3)cc2)ccc1-c1cc(C)c(CNC(=O)/C=C/c2ccc(N)nc2)s1. The minimum atomic E-state index is -0.905. The summed E-state index contributed by atoms with van der Waals surface area (Å²) in [6.07, 6.45) is 3.91. The largest absolute Gasteiger partial charge is 0.384 e. The monoisotopic (exact) mass is 540 g/mol. The number of pyridine rings is 1. The summed E-state index contributed by atoms with van der Waals surface area (Å²) in [6.45, 7) is 4.94. The number of hydrogen-bond donors (Lipinski definition) is 2. The van der Waals surface area contributed by atoms with Gasteiger partial charge in [-0.1, -0.05) is 30.3 Å². The minimum Gasteiger partial charge on any atom is -0.384 e. The number of likely N-dealkylation sites (tertiary alicyclic amines) is 1. The number of aryl methyl sites for hydroxylation is 2. The molecule has 2 aromatic heterocycles. The number of alkyl halides is 1. The van der Waals surface area contributed by atoms with Gasteiger partial charge in [-0.15, -0.1) is 11.3 Å². The summed E-state index contributed by atoms with van der Waals surface area (Å²) in [5, 5.41) is 2.95. The van der Waals surface area contributed by atoms with E-state index in [0.29, 0.717) is 17.9 Å². The number of carbonyl (C=O) groups is 2. The highest BCUT2D eigenvalue weighted by atomic mass is 32.1. The molecule has 5 rings (SSSR count). The van der Waals surface area contributed by atoms with Gasteiger partial charge < -0.3 is 16.0 Å². The number of aromatic nitrogens is 1. The molecule has 198 valence electrons. The van der Waals surface area contributed by atoms with Crippen LogP contribution in [0.4, 0.5) is 10.2 Å². The quantitative estimate of drug-likeness (QED) is 0.290. The topological polar surface area (TPSA) is 88.3 Å². The summed E-state index contributed by atoms with van der Waals surface area (Å²) in [7, 11) is 0. The number of nitrogens with two attached hydrogens (primary N) is 1. The molecule has 3 heterocycles. The Morgan fingerprint density at radius 2 is 1.79 bits per heavy atom. The van der Waals surface area contributed by atoms with E-state index in [1.54, 1.807) is 41.8 Å². The molecule has 0 spiro atoms. The van der Waals surface area contributed by atoms with Crippen molar-refractivity contribution in [2.45, 2.75) is 26.6 Å². The molecule has 6 nitrogen and oxygen atoms in total. The highest BCUT2D eigenvalue weighted by Crippen LogP contribution is 2.35. The van der Waals surface area contributed by atoms with E-state index < -0.39 is 6.17 Å². The van der Waals surface area contributed by atoms with Crippen molar-refractivity contribution in [3.63, 3.8) is 0 Å². The molecule has 3 N–H and O–H groups in total. The maximum absolute atomic E-state index is 13.1. The van der Waals surface area contributed by atoms with Crippen molar-refractivity contribution >= 4 is 35.0 Å². The molecule has 1 aliphatic heterocycles. The molecule has 0 saturated carbocycles. The maximum atomic E-state index is 13.1. The smallest absolute Gasteiger partial charge is 0.254 e. The molecule has 4 aromatic rings. The summed E-state index contributed by atoms with van der Waals surface area (Å²) >= 11 is 1.67. The summed E-state index contributed by atoms with van der Waals surface area (Å²) < 4.78 is 13.1. The van der Waals surface area contributed by atoms with Gasteiger partial charge in [0.05, 0.1) is 19.6 Å². The number of amides is 2. The predicted molar refractivity (Wildman–Crippen MR) is 155 cm³/mol. The molecule has 2 amide bonds. The second-order valence-corrected chi connectivity index (χ2v) is 10.8. The first-order valence-electron chi connectivity index (χ1n) is 12.7. The molecule has 39 heavy (non-hydrogen) atoms. The first kappa shape index (κ1) is 26.3. The van der Waals surface area contributed by atoms with E-state index >= 15 is 0 Å². The lowest BCUT2D eigenvalue weighted by molar-refractivity contribution is -0.116. The first-order valence-corrected chi connectivity index (χ1v) is 13.5. The van der Waals surface area contributed by atoms with Gasteiger partial charge in [0.15, 0.2) is 0 Å². The van der Waals surface area contributed by atoms with Crippen molar-refractivity contribution < 1.29 is 14.0 Å². The highest BCUT2D eigenvalue weighted by Gasteiger charge is 2.30. The molecule has 2 aromatic carbocycles. The third-order valence-electron chi connectivity index (χ3n) is 6.76. The van der Waals surface area contributed by atoms with Crippen LogP contribution in [-0.2, 0) is 11.3 Å². The fraction of sp³-hybridized carbons (Fsp3) is 0.194. The number of hydrogen-bond acceptors (Lipinski definition) is 5. The van der Waals surface area contributed by atoms with Gasteiger partial charge in [0, 0.05) is 27.6 Å². The van der Waals surface area contributed by atoms with Crippen LogP contribution in [0.5, 0.6) is 0 Å². The second-order valence-electron chi connectivity index (χ2n) is 9.70. The van der Waals surface area contributed by atoms with Gasteiger partial charge in [-0.25, -0.2) is 9.37 Å². The molecule has 0 unspecified atom stereocenters. The molecular formula is C31H29FN4O2S. The maximum Gasteiger partial charge on any atom is 0.254 e. The van der Waals surface area contributed by atoms with Crippen molar-refractivity contribution in [1.82, 2.24) is 15.2 Å². The Morgan fingerprint density at radius 1 is 1.05 bits per heavy atom. The molecule has 0 aliphatic carbocycles. The second kappa shape index (κ2) is 11.2. The van der Waals surface area contributed by atoms with Crippen molar-refractivity contribution in [2.24, 2.45) is 0 Å². The van der Waals surface area contributed by atoms with Crippen LogP contribution in [0.25, 0.3) is 27.6 Å². The predicted octanol–water partition coefficient (Wildman–Crippen LogP) is 5.80. The van der Waals surface area contributed by atoms with E-state index in [-0.39, 0.29) is 24.9 Å². The number of nitrogens with zero attached hydrogens (tertiary/aromatic N) is 2. The average molecular weight is 541 g/mol. The van der Waals surface area contributed by atoms with Crippen LogP contribution in [0, 0.1) is 13.8 Å². The number of rotatable bonds is 7. The fourth-order valence-corrected chi connectivity index (χ4v) is 5.64. The average Bonchev–Trinajstić information content (AvgIpc) is 3.29. The van der Waals surface area contributed by atoms with Gasteiger partial charge in [0.1, 0.15) is 12.0 Å². The third-order valence-corrected chi connectivity index (χ3v) is 8.03. The Bertz CT molecular complexity index is 1540. The van der Waals surface area contributed by atoms with Crippen LogP contribution in [0.2, 0.25) is 0 Å². The van der Waals surface area contributed by atoms with Crippen LogP contribution in [0.15, 0.2) is 72.9 Å². The molecular weight excluding hydrogens is 511 g/mol. The lowest BCUT2D eigenvalue weighted by atomic mass is 9.98. The van der Waals surface area contributed by atoms with Crippen LogP contribution in [-0.4, -0.2) is 41.0 Å². The van der Waals surface area contributed by atoms with Crippen LogP contribution in [0.1, 0.15) is 31.9 Å². The number of anilines is 1. The Morgan fingerprint density at radius 3 is 2.46 bits per heavy atom. The first-order chi connectivity index (χ1) is 18.8. The Balaban J connectivity index is 1.23.